The lowest BCUT2D eigenvalue weighted by atomic mass is 10.3. The van der Waals surface area contributed by atoms with Gasteiger partial charge in [-0.2, -0.15) is 0 Å². The molecule has 1 aromatic rings. The van der Waals surface area contributed by atoms with Crippen molar-refractivity contribution in [2.24, 2.45) is 0 Å². The molecule has 2 N–H and O–H groups in total. The van der Waals surface area contributed by atoms with E-state index in [9.17, 15) is 4.79 Å². The van der Waals surface area contributed by atoms with Crippen molar-refractivity contribution in [2.45, 2.75) is 52.9 Å². The summed E-state index contributed by atoms with van der Waals surface area (Å²) in [5, 5.41) is 6.17. The van der Waals surface area contributed by atoms with Gasteiger partial charge in [0.15, 0.2) is 0 Å². The van der Waals surface area contributed by atoms with Gasteiger partial charge in [-0.3, -0.25) is 4.79 Å². The Kier molecular flexibility index (Phi) is 5.15. The van der Waals surface area contributed by atoms with Crippen molar-refractivity contribution in [2.75, 3.05) is 0 Å². The molecule has 5 nitrogen and oxygen atoms in total. The van der Waals surface area contributed by atoms with Gasteiger partial charge in [0.05, 0.1) is 12.0 Å². The number of hydrogen-bond acceptors (Lipinski definition) is 3. The molecule has 0 spiro atoms. The fraction of sp³-hybridized carbons (Fsp3) is 0.667. The van der Waals surface area contributed by atoms with Crippen LogP contribution in [0, 0.1) is 0 Å². The summed E-state index contributed by atoms with van der Waals surface area (Å²) < 4.78 is 1.87. The second-order valence-corrected chi connectivity index (χ2v) is 4.77. The van der Waals surface area contributed by atoms with Gasteiger partial charge >= 0.3 is 0 Å². The van der Waals surface area contributed by atoms with Crippen LogP contribution in [0.1, 0.15) is 33.4 Å². The quantitative estimate of drug-likeness (QED) is 0.774. The minimum atomic E-state index is 0.0174. The maximum atomic E-state index is 11.6. The van der Waals surface area contributed by atoms with Crippen LogP contribution >= 0.6 is 0 Å². The first kappa shape index (κ1) is 13.7. The third kappa shape index (κ3) is 4.99. The smallest absolute Gasteiger partial charge is 0.240 e. The Morgan fingerprint density at radius 1 is 1.35 bits per heavy atom. The Hall–Kier alpha value is -1.36. The first-order valence-electron chi connectivity index (χ1n) is 6.00. The Bertz CT molecular complexity index is 357. The Labute approximate surface area is 103 Å². The van der Waals surface area contributed by atoms with Crippen LogP contribution in [0.2, 0.25) is 0 Å². The number of imidazole rings is 1. The lowest BCUT2D eigenvalue weighted by Gasteiger charge is -2.12. The van der Waals surface area contributed by atoms with E-state index in [0.717, 1.165) is 12.2 Å². The third-order valence-corrected chi connectivity index (χ3v) is 2.25. The summed E-state index contributed by atoms with van der Waals surface area (Å²) >= 11 is 0. The van der Waals surface area contributed by atoms with Crippen molar-refractivity contribution in [3.05, 3.63) is 18.2 Å². The zero-order valence-electron chi connectivity index (χ0n) is 11.0. The topological polar surface area (TPSA) is 59.0 Å². The van der Waals surface area contributed by atoms with E-state index in [0.29, 0.717) is 12.6 Å². The highest BCUT2D eigenvalue weighted by atomic mass is 16.2. The molecule has 96 valence electrons. The van der Waals surface area contributed by atoms with Gasteiger partial charge in [0.2, 0.25) is 5.91 Å². The van der Waals surface area contributed by atoms with Crippen molar-refractivity contribution < 1.29 is 4.79 Å². The molecule has 1 rings (SSSR count). The molecule has 5 heteroatoms. The molecule has 1 aromatic heterocycles. The maximum Gasteiger partial charge on any atom is 0.240 e. The molecular formula is C12H22N4O. The second kappa shape index (κ2) is 6.39. The number of carbonyl (C=O) groups excluding carboxylic acids is 1. The molecule has 0 saturated heterocycles. The molecule has 0 aliphatic rings. The van der Waals surface area contributed by atoms with E-state index in [1.807, 2.05) is 18.4 Å². The van der Waals surface area contributed by atoms with Crippen molar-refractivity contribution >= 4 is 5.91 Å². The Morgan fingerprint density at radius 2 is 2.06 bits per heavy atom. The molecule has 0 atom stereocenters. The predicted octanol–water partition coefficient (Wildman–Crippen LogP) is 0.906. The zero-order valence-corrected chi connectivity index (χ0v) is 11.0. The molecular weight excluding hydrogens is 216 g/mol. The monoisotopic (exact) mass is 238 g/mol. The van der Waals surface area contributed by atoms with E-state index in [-0.39, 0.29) is 11.9 Å². The number of aromatic nitrogens is 2. The van der Waals surface area contributed by atoms with E-state index in [2.05, 4.69) is 29.5 Å². The first-order valence-corrected chi connectivity index (χ1v) is 6.00. The average molecular weight is 238 g/mol. The van der Waals surface area contributed by atoms with Crippen LogP contribution in [0.15, 0.2) is 12.5 Å². The second-order valence-electron chi connectivity index (χ2n) is 4.77. The minimum Gasteiger partial charge on any atom is -0.352 e. The number of hydrogen-bond donors (Lipinski definition) is 2. The number of nitrogens with zero attached hydrogens (tertiary/aromatic N) is 2. The fourth-order valence-corrected chi connectivity index (χ4v) is 1.47. The van der Waals surface area contributed by atoms with Crippen LogP contribution < -0.4 is 10.6 Å². The van der Waals surface area contributed by atoms with Gasteiger partial charge in [0, 0.05) is 24.8 Å². The molecule has 0 aromatic carbocycles. The summed E-state index contributed by atoms with van der Waals surface area (Å²) in [6.45, 7) is 9.14. The minimum absolute atomic E-state index is 0.0174. The molecule has 1 heterocycles. The van der Waals surface area contributed by atoms with Gasteiger partial charge in [-0.25, -0.2) is 4.98 Å². The highest BCUT2D eigenvalue weighted by Crippen LogP contribution is 1.99. The van der Waals surface area contributed by atoms with E-state index in [1.165, 1.54) is 0 Å². The van der Waals surface area contributed by atoms with Crippen molar-refractivity contribution in [1.29, 1.82) is 0 Å². The van der Waals surface area contributed by atoms with E-state index < -0.39 is 0 Å². The molecule has 0 bridgehead atoms. The van der Waals surface area contributed by atoms with Crippen molar-refractivity contribution in [1.82, 2.24) is 20.2 Å². The third-order valence-electron chi connectivity index (χ3n) is 2.25. The average Bonchev–Trinajstić information content (AvgIpc) is 2.60. The van der Waals surface area contributed by atoms with Crippen molar-refractivity contribution in [3.63, 3.8) is 0 Å². The summed E-state index contributed by atoms with van der Waals surface area (Å²) in [6, 6.07) is 0.589. The summed E-state index contributed by atoms with van der Waals surface area (Å²) in [7, 11) is 0. The van der Waals surface area contributed by atoms with Gasteiger partial charge in [-0.15, -0.1) is 0 Å². The van der Waals surface area contributed by atoms with Crippen LogP contribution in [-0.4, -0.2) is 27.5 Å². The number of amides is 1. The van der Waals surface area contributed by atoms with Crippen molar-refractivity contribution in [3.8, 4) is 0 Å². The van der Waals surface area contributed by atoms with Crippen LogP contribution in [0.25, 0.3) is 0 Å². The molecule has 17 heavy (non-hydrogen) atoms. The maximum absolute atomic E-state index is 11.6. The number of carbonyl (C=O) groups is 1. The standard InChI is InChI=1S/C12H22N4O/c1-9(2)14-6-11-5-13-8-16(11)7-12(17)15-10(3)4/h5,8-10,14H,6-7H2,1-4H3,(H,15,17). The lowest BCUT2D eigenvalue weighted by molar-refractivity contribution is -0.122. The van der Waals surface area contributed by atoms with E-state index in [4.69, 9.17) is 0 Å². The summed E-state index contributed by atoms with van der Waals surface area (Å²) in [6.07, 6.45) is 3.48. The molecule has 0 aliphatic heterocycles. The summed E-state index contributed by atoms with van der Waals surface area (Å²) in [5.74, 6) is 0.0174. The first-order chi connectivity index (χ1) is 7.99. The van der Waals surface area contributed by atoms with Gasteiger partial charge in [-0.1, -0.05) is 13.8 Å². The van der Waals surface area contributed by atoms with Crippen LogP contribution in [0.3, 0.4) is 0 Å². The largest absolute Gasteiger partial charge is 0.352 e. The van der Waals surface area contributed by atoms with E-state index in [1.54, 1.807) is 12.5 Å². The molecule has 0 fully saturated rings. The van der Waals surface area contributed by atoms with E-state index >= 15 is 0 Å². The van der Waals surface area contributed by atoms with Gasteiger partial charge in [0.25, 0.3) is 0 Å². The molecule has 1 amide bonds. The Balaban J connectivity index is 2.53. The zero-order chi connectivity index (χ0) is 12.8. The Morgan fingerprint density at radius 3 is 2.65 bits per heavy atom. The SMILES string of the molecule is CC(C)NCc1cncn1CC(=O)NC(C)C. The molecule has 0 aliphatic carbocycles. The summed E-state index contributed by atoms with van der Waals surface area (Å²) in [4.78, 5) is 15.7. The molecule has 0 unspecified atom stereocenters. The normalized spacial score (nSPS) is 11.2. The predicted molar refractivity (Wildman–Crippen MR) is 67.5 cm³/mol. The van der Waals surface area contributed by atoms with Crippen LogP contribution in [0.5, 0.6) is 0 Å². The highest BCUT2D eigenvalue weighted by Gasteiger charge is 2.08. The number of rotatable bonds is 6. The number of nitrogens with one attached hydrogen (secondary N) is 2. The highest BCUT2D eigenvalue weighted by molar-refractivity contribution is 5.76. The van der Waals surface area contributed by atoms with Crippen LogP contribution in [-0.2, 0) is 17.9 Å². The van der Waals surface area contributed by atoms with Crippen LogP contribution in [0.4, 0.5) is 0 Å². The summed E-state index contributed by atoms with van der Waals surface area (Å²) in [5.41, 5.74) is 1.03. The molecule has 0 radical (unpaired) electrons. The fourth-order valence-electron chi connectivity index (χ4n) is 1.47. The lowest BCUT2D eigenvalue weighted by Crippen LogP contribution is -2.33. The van der Waals surface area contributed by atoms with Gasteiger partial charge < -0.3 is 15.2 Å². The molecule has 0 saturated carbocycles. The van der Waals surface area contributed by atoms with Gasteiger partial charge in [-0.05, 0) is 13.8 Å². The van der Waals surface area contributed by atoms with Gasteiger partial charge in [0.1, 0.15) is 6.54 Å².